The molecule has 1 amide bonds. The highest BCUT2D eigenvalue weighted by Gasteiger charge is 2.43. The van der Waals surface area contributed by atoms with E-state index in [-0.39, 0.29) is 18.2 Å². The molecule has 44 heavy (non-hydrogen) atoms. The van der Waals surface area contributed by atoms with E-state index in [2.05, 4.69) is 28.4 Å². The summed E-state index contributed by atoms with van der Waals surface area (Å²) in [6.45, 7) is 6.63. The highest BCUT2D eigenvalue weighted by atomic mass is 32.1. The first-order valence-corrected chi connectivity index (χ1v) is 16.0. The van der Waals surface area contributed by atoms with Crippen LogP contribution in [-0.4, -0.2) is 56.8 Å². The highest BCUT2D eigenvalue weighted by Crippen LogP contribution is 2.46. The Bertz CT molecular complexity index is 1670. The van der Waals surface area contributed by atoms with Crippen LogP contribution >= 0.6 is 11.3 Å². The van der Waals surface area contributed by atoms with Gasteiger partial charge in [0.1, 0.15) is 12.4 Å². The lowest BCUT2D eigenvalue weighted by molar-refractivity contribution is -0.138. The van der Waals surface area contributed by atoms with Gasteiger partial charge in [0, 0.05) is 56.3 Å². The van der Waals surface area contributed by atoms with Crippen molar-refractivity contribution in [2.75, 3.05) is 25.0 Å². The Labute approximate surface area is 262 Å². The van der Waals surface area contributed by atoms with Crippen LogP contribution in [0.5, 0.6) is 5.75 Å². The lowest BCUT2D eigenvalue weighted by Gasteiger charge is -2.37. The van der Waals surface area contributed by atoms with Gasteiger partial charge in [-0.3, -0.25) is 14.3 Å². The maximum Gasteiger partial charge on any atom is 0.303 e. The van der Waals surface area contributed by atoms with E-state index in [1.165, 1.54) is 0 Å². The number of aliphatic carboxylic acids is 1. The third-order valence-corrected chi connectivity index (χ3v) is 10.0. The van der Waals surface area contributed by atoms with Crippen molar-refractivity contribution >= 4 is 28.3 Å². The zero-order valence-corrected chi connectivity index (χ0v) is 26.5. The number of anilines is 1. The fourth-order valence-electron chi connectivity index (χ4n) is 6.76. The van der Waals surface area contributed by atoms with Gasteiger partial charge in [0.2, 0.25) is 0 Å². The van der Waals surface area contributed by atoms with E-state index in [4.69, 9.17) is 9.72 Å². The molecule has 3 atom stereocenters. The summed E-state index contributed by atoms with van der Waals surface area (Å²) in [5, 5.41) is 16.8. The lowest BCUT2D eigenvalue weighted by atomic mass is 9.83. The molecule has 1 aliphatic heterocycles. The molecule has 1 unspecified atom stereocenters. The number of benzene rings is 2. The molecule has 4 aromatic rings. The van der Waals surface area contributed by atoms with Gasteiger partial charge < -0.3 is 19.6 Å². The van der Waals surface area contributed by atoms with Gasteiger partial charge in [-0.15, -0.1) is 11.3 Å². The number of carbonyl (C=O) groups excluding carboxylic acids is 1. The third kappa shape index (κ3) is 6.36. The Kier molecular flexibility index (Phi) is 8.44. The fourth-order valence-corrected chi connectivity index (χ4v) is 7.60. The molecule has 2 fully saturated rings. The van der Waals surface area contributed by atoms with Crippen molar-refractivity contribution in [3.05, 3.63) is 82.0 Å². The molecule has 2 aliphatic rings. The van der Waals surface area contributed by atoms with Gasteiger partial charge >= 0.3 is 5.97 Å². The maximum absolute atomic E-state index is 13.1. The van der Waals surface area contributed by atoms with Gasteiger partial charge in [-0.05, 0) is 85.9 Å². The normalized spacial score (nSPS) is 19.3. The molecule has 1 N–H and O–H groups in total. The van der Waals surface area contributed by atoms with E-state index in [0.717, 1.165) is 70.5 Å². The van der Waals surface area contributed by atoms with Crippen LogP contribution < -0.4 is 9.64 Å². The summed E-state index contributed by atoms with van der Waals surface area (Å²) in [6.07, 6.45) is 4.35. The summed E-state index contributed by atoms with van der Waals surface area (Å²) >= 11 is 1.64. The number of ether oxygens (including phenoxy) is 1. The van der Waals surface area contributed by atoms with Crippen molar-refractivity contribution in [3.63, 3.8) is 0 Å². The minimum absolute atomic E-state index is 0.0505. The lowest BCUT2D eigenvalue weighted by Crippen LogP contribution is -2.42. The summed E-state index contributed by atoms with van der Waals surface area (Å²) in [5.74, 6) is 1.14. The molecule has 9 nitrogen and oxygen atoms in total. The summed E-state index contributed by atoms with van der Waals surface area (Å²) in [6, 6.07) is 13.8. The van der Waals surface area contributed by atoms with Crippen molar-refractivity contribution in [2.24, 2.45) is 24.8 Å². The second-order valence-electron chi connectivity index (χ2n) is 12.4. The number of aryl methyl sites for hydroxylation is 3. The summed E-state index contributed by atoms with van der Waals surface area (Å²) in [4.78, 5) is 33.5. The van der Waals surface area contributed by atoms with Crippen LogP contribution in [0.1, 0.15) is 52.0 Å². The number of aromatic nitrogens is 3. The average molecular weight is 614 g/mol. The Morgan fingerprint density at radius 2 is 1.86 bits per heavy atom. The molecular weight excluding hydrogens is 574 g/mol. The van der Waals surface area contributed by atoms with Gasteiger partial charge in [-0.2, -0.15) is 5.10 Å². The third-order valence-electron chi connectivity index (χ3n) is 9.10. The first kappa shape index (κ1) is 29.9. The zero-order valence-electron chi connectivity index (χ0n) is 25.7. The van der Waals surface area contributed by atoms with E-state index in [1.54, 1.807) is 28.0 Å². The van der Waals surface area contributed by atoms with Gasteiger partial charge in [0.15, 0.2) is 5.13 Å². The van der Waals surface area contributed by atoms with Crippen LogP contribution in [0, 0.1) is 31.6 Å². The van der Waals surface area contributed by atoms with E-state index in [9.17, 15) is 14.7 Å². The van der Waals surface area contributed by atoms with Crippen molar-refractivity contribution in [2.45, 2.75) is 46.3 Å². The zero-order chi connectivity index (χ0) is 31.0. The number of piperidine rings is 1. The predicted octanol–water partition coefficient (Wildman–Crippen LogP) is 5.95. The first-order chi connectivity index (χ1) is 21.1. The number of amides is 1. The fraction of sp³-hybridized carbons (Fsp3) is 0.412. The number of hydrogen-bond acceptors (Lipinski definition) is 7. The summed E-state index contributed by atoms with van der Waals surface area (Å²) in [7, 11) is 3.65. The molecule has 1 aliphatic carbocycles. The molecule has 0 radical (unpaired) electrons. The van der Waals surface area contributed by atoms with Crippen molar-refractivity contribution < 1.29 is 19.4 Å². The van der Waals surface area contributed by atoms with E-state index < -0.39 is 5.97 Å². The van der Waals surface area contributed by atoms with Crippen molar-refractivity contribution in [1.29, 1.82) is 0 Å². The second kappa shape index (κ2) is 12.4. The number of carbonyl (C=O) groups is 2. The molecule has 2 aromatic heterocycles. The molecule has 2 aromatic carbocycles. The molecule has 3 heterocycles. The van der Waals surface area contributed by atoms with Crippen LogP contribution in [0.3, 0.4) is 0 Å². The van der Waals surface area contributed by atoms with Crippen molar-refractivity contribution in [1.82, 2.24) is 19.7 Å². The summed E-state index contributed by atoms with van der Waals surface area (Å²) in [5.41, 5.74) is 6.46. The number of hydrogen-bond donors (Lipinski definition) is 1. The Morgan fingerprint density at radius 3 is 2.55 bits per heavy atom. The van der Waals surface area contributed by atoms with Gasteiger partial charge in [0.05, 0.1) is 17.9 Å². The van der Waals surface area contributed by atoms with Crippen LogP contribution in [0.15, 0.2) is 54.0 Å². The smallest absolute Gasteiger partial charge is 0.303 e. The molecule has 6 rings (SSSR count). The summed E-state index contributed by atoms with van der Waals surface area (Å²) < 4.78 is 8.12. The molecule has 230 valence electrons. The van der Waals surface area contributed by atoms with Crippen LogP contribution in [0.2, 0.25) is 0 Å². The maximum atomic E-state index is 13.1. The number of nitrogens with zero attached hydrogens (tertiary/aromatic N) is 5. The number of fused-ring (bicyclic) bond motifs is 2. The largest absolute Gasteiger partial charge is 0.488 e. The van der Waals surface area contributed by atoms with Crippen molar-refractivity contribution in [3.8, 4) is 17.0 Å². The first-order valence-electron chi connectivity index (χ1n) is 15.1. The SMILES string of the molecule is Cc1ccc(OCc2ccc(C(=O)N(C)Cc3ccn(C)n3)cc2C)c(-c2csc(N3C[C@H]4CC[C@@H](C3)C4CC(=O)O)n2)c1. The predicted molar refractivity (Wildman–Crippen MR) is 171 cm³/mol. The van der Waals surface area contributed by atoms with Crippen LogP contribution in [-0.2, 0) is 25.0 Å². The number of carboxylic acid groups (broad SMARTS) is 1. The average Bonchev–Trinajstić information content (AvgIpc) is 3.69. The number of thiazole rings is 1. The van der Waals surface area contributed by atoms with E-state index >= 15 is 0 Å². The van der Waals surface area contributed by atoms with Gasteiger partial charge in [-0.1, -0.05) is 17.7 Å². The van der Waals surface area contributed by atoms with Crippen LogP contribution in [0.25, 0.3) is 11.3 Å². The highest BCUT2D eigenvalue weighted by molar-refractivity contribution is 7.14. The quantitative estimate of drug-likeness (QED) is 0.236. The van der Waals surface area contributed by atoms with Gasteiger partial charge in [-0.25, -0.2) is 4.98 Å². The van der Waals surface area contributed by atoms with E-state index in [0.29, 0.717) is 30.6 Å². The van der Waals surface area contributed by atoms with Crippen LogP contribution in [0.4, 0.5) is 5.13 Å². The number of carboxylic acids is 1. The molecule has 10 heteroatoms. The minimum Gasteiger partial charge on any atom is -0.488 e. The second-order valence-corrected chi connectivity index (χ2v) is 13.2. The molecule has 0 spiro atoms. The number of rotatable bonds is 10. The molecule has 2 bridgehead atoms. The molecule has 1 saturated carbocycles. The minimum atomic E-state index is -0.687. The molecular formula is C34H39N5O4S. The van der Waals surface area contributed by atoms with E-state index in [1.807, 2.05) is 56.6 Å². The Morgan fingerprint density at radius 1 is 1.09 bits per heavy atom. The Balaban J connectivity index is 1.13. The molecule has 1 saturated heterocycles. The monoisotopic (exact) mass is 613 g/mol. The standard InChI is InChI=1S/C34H39N5O4S/c1-21-5-10-31(43-19-26-9-6-23(14-22(26)2)33(42)37(3)18-27-11-12-38(4)36-27)29(13-21)30-20-44-34(35-30)39-16-24-7-8-25(17-39)28(24)15-32(40)41/h5-6,9-14,20,24-25,28H,7-8,15-19H2,1-4H3,(H,40,41)/t24-,25+,28?. The topological polar surface area (TPSA) is 101 Å². The van der Waals surface area contributed by atoms with Gasteiger partial charge in [0.25, 0.3) is 5.91 Å². The Hall–Kier alpha value is -4.18.